The fourth-order valence-electron chi connectivity index (χ4n) is 1.66. The van der Waals surface area contributed by atoms with E-state index in [9.17, 15) is 18.8 Å². The number of halogens is 1. The molecule has 94 valence electrons. The fourth-order valence-corrected chi connectivity index (χ4v) is 1.66. The molecule has 1 saturated heterocycles. The molecule has 1 aliphatic rings. The topological polar surface area (TPSA) is 86.7 Å². The van der Waals surface area contributed by atoms with E-state index >= 15 is 0 Å². The summed E-state index contributed by atoms with van der Waals surface area (Å²) in [6, 6.07) is -2.70. The number of carboxylic acids is 1. The number of nitrogens with one attached hydrogen (secondary N) is 1. The summed E-state index contributed by atoms with van der Waals surface area (Å²) < 4.78 is 13.6. The van der Waals surface area contributed by atoms with Crippen LogP contribution in [0.3, 0.4) is 0 Å². The Morgan fingerprint density at radius 2 is 2.06 bits per heavy atom. The van der Waals surface area contributed by atoms with E-state index in [1.165, 1.54) is 6.92 Å². The summed E-state index contributed by atoms with van der Waals surface area (Å²) in [5, 5.41) is 11.0. The zero-order chi connectivity index (χ0) is 13.3. The molecule has 0 aromatic heterocycles. The van der Waals surface area contributed by atoms with Crippen molar-refractivity contribution in [2.45, 2.75) is 32.2 Å². The smallest absolute Gasteiger partial charge is 0.330 e. The van der Waals surface area contributed by atoms with Crippen molar-refractivity contribution in [2.24, 2.45) is 0 Å². The van der Waals surface area contributed by atoms with E-state index in [1.54, 1.807) is 0 Å². The molecule has 0 aliphatic carbocycles. The summed E-state index contributed by atoms with van der Waals surface area (Å²) in [6.45, 7) is 5.95. The lowest BCUT2D eigenvalue weighted by atomic mass is 9.98. The minimum absolute atomic E-state index is 0.148. The lowest BCUT2D eigenvalue weighted by molar-refractivity contribution is -0.174. The Hall–Kier alpha value is -1.92. The number of carboxylic acid groups (broad SMARTS) is 1. The van der Waals surface area contributed by atoms with Gasteiger partial charge in [-0.1, -0.05) is 6.58 Å². The molecule has 0 aromatic carbocycles. The first-order chi connectivity index (χ1) is 7.77. The van der Waals surface area contributed by atoms with E-state index in [4.69, 9.17) is 5.11 Å². The third-order valence-electron chi connectivity index (χ3n) is 2.40. The molecule has 1 heterocycles. The normalized spacial score (nSPS) is 24.9. The molecule has 7 heteroatoms. The molecule has 0 aromatic rings. The highest BCUT2D eigenvalue weighted by atomic mass is 19.1. The standard InChI is InChI=1S/C10H13FN2O4/c1-4(2)7(10(16)17)13-8(11)6(9(13)15)12-5(3)14/h6-8H,1H2,2-3H3,(H,12,14)(H,16,17). The number of rotatable bonds is 4. The number of hydrogen-bond donors (Lipinski definition) is 2. The van der Waals surface area contributed by atoms with Crippen LogP contribution in [-0.4, -0.2) is 46.2 Å². The van der Waals surface area contributed by atoms with Gasteiger partial charge in [0.1, 0.15) is 0 Å². The van der Waals surface area contributed by atoms with Gasteiger partial charge in [0.2, 0.25) is 12.2 Å². The molecule has 6 nitrogen and oxygen atoms in total. The average molecular weight is 244 g/mol. The molecule has 3 unspecified atom stereocenters. The van der Waals surface area contributed by atoms with Crippen molar-refractivity contribution in [1.82, 2.24) is 10.2 Å². The maximum atomic E-state index is 13.6. The van der Waals surface area contributed by atoms with Gasteiger partial charge in [0.25, 0.3) is 5.91 Å². The first kappa shape index (κ1) is 13.1. The Morgan fingerprint density at radius 3 is 2.35 bits per heavy atom. The molecule has 17 heavy (non-hydrogen) atoms. The van der Waals surface area contributed by atoms with Crippen LogP contribution in [0.4, 0.5) is 4.39 Å². The van der Waals surface area contributed by atoms with Gasteiger partial charge >= 0.3 is 5.97 Å². The van der Waals surface area contributed by atoms with Crippen molar-refractivity contribution in [3.63, 3.8) is 0 Å². The molecule has 2 amide bonds. The Bertz CT molecular complexity index is 382. The van der Waals surface area contributed by atoms with Crippen LogP contribution in [0.5, 0.6) is 0 Å². The van der Waals surface area contributed by atoms with Crippen molar-refractivity contribution < 1.29 is 23.9 Å². The Kier molecular flexibility index (Phi) is 3.50. The first-order valence-corrected chi connectivity index (χ1v) is 4.89. The molecule has 1 aliphatic heterocycles. The van der Waals surface area contributed by atoms with E-state index in [0.29, 0.717) is 4.90 Å². The minimum Gasteiger partial charge on any atom is -0.479 e. The van der Waals surface area contributed by atoms with Crippen LogP contribution >= 0.6 is 0 Å². The van der Waals surface area contributed by atoms with Crippen LogP contribution in [0.25, 0.3) is 0 Å². The second kappa shape index (κ2) is 4.52. The van der Waals surface area contributed by atoms with Gasteiger partial charge in [-0.3, -0.25) is 14.5 Å². The van der Waals surface area contributed by atoms with Crippen molar-refractivity contribution >= 4 is 17.8 Å². The van der Waals surface area contributed by atoms with E-state index in [0.717, 1.165) is 6.92 Å². The highest BCUT2D eigenvalue weighted by Crippen LogP contribution is 2.27. The molecule has 0 saturated carbocycles. The zero-order valence-corrected chi connectivity index (χ0v) is 9.44. The molecule has 0 spiro atoms. The molecule has 3 atom stereocenters. The maximum absolute atomic E-state index is 13.6. The van der Waals surface area contributed by atoms with Crippen LogP contribution in [0.2, 0.25) is 0 Å². The van der Waals surface area contributed by atoms with Gasteiger partial charge in [0, 0.05) is 6.92 Å². The first-order valence-electron chi connectivity index (χ1n) is 4.89. The number of likely N-dealkylation sites (tertiary alicyclic amines) is 1. The third kappa shape index (κ3) is 2.27. The number of aliphatic carboxylic acids is 1. The number of β-lactam (4-membered cyclic amide) rings is 1. The molecule has 2 N–H and O–H groups in total. The number of carbonyl (C=O) groups excluding carboxylic acids is 2. The SMILES string of the molecule is C=C(C)C(C(=O)O)N1C(=O)C(NC(C)=O)C1F. The number of carbonyl (C=O) groups is 3. The van der Waals surface area contributed by atoms with Gasteiger partial charge in [-0.2, -0.15) is 0 Å². The molecule has 0 radical (unpaired) electrons. The summed E-state index contributed by atoms with van der Waals surface area (Å²) in [4.78, 5) is 33.7. The number of amides is 2. The second-order valence-electron chi connectivity index (χ2n) is 3.88. The van der Waals surface area contributed by atoms with Crippen LogP contribution in [0.15, 0.2) is 12.2 Å². The quantitative estimate of drug-likeness (QED) is 0.402. The third-order valence-corrected chi connectivity index (χ3v) is 2.40. The lowest BCUT2D eigenvalue weighted by Crippen LogP contribution is -2.72. The fraction of sp³-hybridized carbons (Fsp3) is 0.500. The van der Waals surface area contributed by atoms with Crippen LogP contribution in [0.1, 0.15) is 13.8 Å². The van der Waals surface area contributed by atoms with E-state index < -0.39 is 36.2 Å². The van der Waals surface area contributed by atoms with Crippen molar-refractivity contribution in [3.05, 3.63) is 12.2 Å². The lowest BCUT2D eigenvalue weighted by Gasteiger charge is -2.45. The molecule has 1 rings (SSSR count). The molecule has 0 bridgehead atoms. The summed E-state index contributed by atoms with van der Waals surface area (Å²) in [7, 11) is 0. The maximum Gasteiger partial charge on any atom is 0.330 e. The highest BCUT2D eigenvalue weighted by Gasteiger charge is 2.53. The molecular formula is C10H13FN2O4. The summed E-state index contributed by atoms with van der Waals surface area (Å²) >= 11 is 0. The average Bonchev–Trinajstić information content (AvgIpc) is 2.20. The van der Waals surface area contributed by atoms with Crippen LogP contribution in [0, 0.1) is 0 Å². The Labute approximate surface area is 97.1 Å². The summed E-state index contributed by atoms with van der Waals surface area (Å²) in [6.07, 6.45) is -1.84. The summed E-state index contributed by atoms with van der Waals surface area (Å²) in [5.74, 6) is -2.66. The number of nitrogens with zero attached hydrogens (tertiary/aromatic N) is 1. The van der Waals surface area contributed by atoms with Crippen molar-refractivity contribution in [1.29, 1.82) is 0 Å². The van der Waals surface area contributed by atoms with Gasteiger partial charge in [-0.15, -0.1) is 0 Å². The van der Waals surface area contributed by atoms with Gasteiger partial charge in [-0.05, 0) is 12.5 Å². The molecule has 1 fully saturated rings. The van der Waals surface area contributed by atoms with Gasteiger partial charge in [-0.25, -0.2) is 9.18 Å². The minimum atomic E-state index is -1.84. The Balaban J connectivity index is 2.82. The van der Waals surface area contributed by atoms with Crippen molar-refractivity contribution in [3.8, 4) is 0 Å². The van der Waals surface area contributed by atoms with E-state index in [1.807, 2.05) is 0 Å². The largest absolute Gasteiger partial charge is 0.479 e. The predicted molar refractivity (Wildman–Crippen MR) is 55.6 cm³/mol. The van der Waals surface area contributed by atoms with Crippen LogP contribution < -0.4 is 5.32 Å². The van der Waals surface area contributed by atoms with Gasteiger partial charge in [0.05, 0.1) is 0 Å². The molecular weight excluding hydrogens is 231 g/mol. The monoisotopic (exact) mass is 244 g/mol. The van der Waals surface area contributed by atoms with Gasteiger partial charge < -0.3 is 10.4 Å². The summed E-state index contributed by atoms with van der Waals surface area (Å²) in [5.41, 5.74) is 0.148. The predicted octanol–water partition coefficient (Wildman–Crippen LogP) is -0.342. The number of hydrogen-bond acceptors (Lipinski definition) is 3. The van der Waals surface area contributed by atoms with E-state index in [-0.39, 0.29) is 5.57 Å². The Morgan fingerprint density at radius 1 is 1.53 bits per heavy atom. The van der Waals surface area contributed by atoms with Crippen LogP contribution in [-0.2, 0) is 14.4 Å². The van der Waals surface area contributed by atoms with Crippen molar-refractivity contribution in [2.75, 3.05) is 0 Å². The van der Waals surface area contributed by atoms with Gasteiger partial charge in [0.15, 0.2) is 12.1 Å². The second-order valence-corrected chi connectivity index (χ2v) is 3.88. The van der Waals surface area contributed by atoms with E-state index in [2.05, 4.69) is 11.9 Å². The number of alkyl halides is 1. The highest BCUT2D eigenvalue weighted by molar-refractivity contribution is 5.96. The zero-order valence-electron chi connectivity index (χ0n) is 9.44.